The van der Waals surface area contributed by atoms with E-state index in [2.05, 4.69) is 33.0 Å². The smallest absolute Gasteiger partial charge is 0.246 e. The molecule has 0 radical (unpaired) electrons. The standard InChI is InChI=1S/C31H56N4O5.C2H6/c1-10-24(23(5)36)33(11-2)28(38)26-15-13-20-35(26)29(39)25-14-12-19-34(25)27(37)16-17-31(8,9)40-21-18-30(6,7)32-22(3)4;1-2/h22,24-26,32H,10-21H2,1-9H3;1-2H3. The highest BCUT2D eigenvalue weighted by atomic mass is 16.5. The van der Waals surface area contributed by atoms with Gasteiger partial charge in [0.1, 0.15) is 12.1 Å². The molecule has 244 valence electrons. The van der Waals surface area contributed by atoms with E-state index in [4.69, 9.17) is 4.74 Å². The van der Waals surface area contributed by atoms with Crippen molar-refractivity contribution in [2.24, 2.45) is 0 Å². The number of nitrogens with one attached hydrogen (secondary N) is 1. The minimum atomic E-state index is -0.569. The van der Waals surface area contributed by atoms with Gasteiger partial charge in [-0.2, -0.15) is 0 Å². The molecule has 0 aliphatic carbocycles. The van der Waals surface area contributed by atoms with Gasteiger partial charge in [0.05, 0.1) is 11.6 Å². The maximum atomic E-state index is 13.7. The molecule has 2 saturated heterocycles. The fraction of sp³-hybridized carbons (Fsp3) is 0.879. The summed E-state index contributed by atoms with van der Waals surface area (Å²) in [6, 6.07) is -1.18. The number of hydrogen-bond donors (Lipinski definition) is 1. The molecule has 9 heteroatoms. The van der Waals surface area contributed by atoms with Gasteiger partial charge in [-0.1, -0.05) is 34.6 Å². The van der Waals surface area contributed by atoms with Crippen molar-refractivity contribution in [1.29, 1.82) is 0 Å². The summed E-state index contributed by atoms with van der Waals surface area (Å²) in [6.07, 6.45) is 5.01. The van der Waals surface area contributed by atoms with Crippen LogP contribution in [-0.4, -0.2) is 99.8 Å². The second kappa shape index (κ2) is 17.3. The van der Waals surface area contributed by atoms with Crippen molar-refractivity contribution >= 4 is 23.5 Å². The number of nitrogens with zero attached hydrogens (tertiary/aromatic N) is 3. The molecule has 0 bridgehead atoms. The topological polar surface area (TPSA) is 99.3 Å². The summed E-state index contributed by atoms with van der Waals surface area (Å²) < 4.78 is 6.18. The molecule has 0 aromatic carbocycles. The lowest BCUT2D eigenvalue weighted by Gasteiger charge is -2.36. The highest BCUT2D eigenvalue weighted by Gasteiger charge is 2.44. The van der Waals surface area contributed by atoms with E-state index < -0.39 is 23.7 Å². The molecule has 2 aliphatic rings. The van der Waals surface area contributed by atoms with Gasteiger partial charge in [-0.05, 0) is 86.5 Å². The monoisotopic (exact) mass is 594 g/mol. The molecule has 3 unspecified atom stereocenters. The third-order valence-corrected chi connectivity index (χ3v) is 8.38. The lowest BCUT2D eigenvalue weighted by molar-refractivity contribution is -0.151. The Morgan fingerprint density at radius 3 is 2.02 bits per heavy atom. The Hall–Kier alpha value is -2.00. The number of likely N-dealkylation sites (N-methyl/N-ethyl adjacent to an activating group) is 1. The molecule has 0 saturated carbocycles. The zero-order valence-corrected chi connectivity index (χ0v) is 28.7. The SMILES string of the molecule is CC.CCC(C(C)=O)N(CC)C(=O)C1CCCN1C(=O)C1CCCN1C(=O)CCC(C)(C)OCCC(C)(C)NC(C)C. The van der Waals surface area contributed by atoms with Crippen LogP contribution in [0.15, 0.2) is 0 Å². The van der Waals surface area contributed by atoms with Crippen LogP contribution in [-0.2, 0) is 23.9 Å². The summed E-state index contributed by atoms with van der Waals surface area (Å²) >= 11 is 0. The summed E-state index contributed by atoms with van der Waals surface area (Å²) in [5, 5.41) is 3.55. The van der Waals surface area contributed by atoms with Crippen LogP contribution in [0.5, 0.6) is 0 Å². The first kappa shape index (κ1) is 38.0. The Kier molecular flexibility index (Phi) is 15.7. The summed E-state index contributed by atoms with van der Waals surface area (Å²) in [5.74, 6) is -0.362. The predicted octanol–water partition coefficient (Wildman–Crippen LogP) is 4.95. The Balaban J connectivity index is 0.00000431. The van der Waals surface area contributed by atoms with E-state index in [0.717, 1.165) is 19.3 Å². The lowest BCUT2D eigenvalue weighted by Crippen LogP contribution is -2.55. The molecule has 0 aromatic heterocycles. The van der Waals surface area contributed by atoms with Crippen molar-refractivity contribution in [3.8, 4) is 0 Å². The van der Waals surface area contributed by atoms with Crippen LogP contribution in [0.3, 0.4) is 0 Å². The van der Waals surface area contributed by atoms with Crippen molar-refractivity contribution in [3.05, 3.63) is 0 Å². The minimum Gasteiger partial charge on any atom is -0.375 e. The zero-order valence-electron chi connectivity index (χ0n) is 28.7. The molecule has 2 rings (SSSR count). The number of amides is 3. The molecule has 0 aromatic rings. The van der Waals surface area contributed by atoms with Crippen LogP contribution in [0.25, 0.3) is 0 Å². The molecule has 0 spiro atoms. The van der Waals surface area contributed by atoms with Gasteiger partial charge in [-0.25, -0.2) is 0 Å². The van der Waals surface area contributed by atoms with E-state index in [-0.39, 0.29) is 29.0 Å². The van der Waals surface area contributed by atoms with E-state index in [1.807, 2.05) is 41.5 Å². The van der Waals surface area contributed by atoms with Gasteiger partial charge in [-0.15, -0.1) is 0 Å². The number of rotatable bonds is 15. The van der Waals surface area contributed by atoms with Gasteiger partial charge >= 0.3 is 0 Å². The average molecular weight is 595 g/mol. The number of Topliss-reactive ketones (excluding diaryl/α,β-unsaturated/α-hetero) is 1. The number of carbonyl (C=O) groups excluding carboxylic acids is 4. The van der Waals surface area contributed by atoms with Crippen molar-refractivity contribution < 1.29 is 23.9 Å². The molecule has 3 amide bonds. The minimum absolute atomic E-state index is 0.0320. The number of likely N-dealkylation sites (tertiary alicyclic amines) is 2. The number of ketones is 1. The fourth-order valence-corrected chi connectivity index (χ4v) is 6.31. The highest BCUT2D eigenvalue weighted by Crippen LogP contribution is 2.28. The Morgan fingerprint density at radius 2 is 1.50 bits per heavy atom. The summed E-state index contributed by atoms with van der Waals surface area (Å²) in [4.78, 5) is 57.8. The Morgan fingerprint density at radius 1 is 0.929 bits per heavy atom. The van der Waals surface area contributed by atoms with Gasteiger partial charge in [0.2, 0.25) is 17.7 Å². The first-order valence-electron chi connectivity index (χ1n) is 16.5. The van der Waals surface area contributed by atoms with Crippen molar-refractivity contribution in [1.82, 2.24) is 20.0 Å². The van der Waals surface area contributed by atoms with Gasteiger partial charge in [0.15, 0.2) is 5.78 Å². The van der Waals surface area contributed by atoms with Crippen LogP contribution >= 0.6 is 0 Å². The summed E-state index contributed by atoms with van der Waals surface area (Å²) in [5.41, 5.74) is -0.485. The van der Waals surface area contributed by atoms with Gasteiger partial charge in [-0.3, -0.25) is 19.2 Å². The van der Waals surface area contributed by atoms with Crippen molar-refractivity contribution in [3.63, 3.8) is 0 Å². The lowest BCUT2D eigenvalue weighted by atomic mass is 9.99. The first-order chi connectivity index (χ1) is 19.6. The van der Waals surface area contributed by atoms with Crippen LogP contribution < -0.4 is 5.32 Å². The molecular formula is C33H62N4O5. The summed E-state index contributed by atoms with van der Waals surface area (Å²) in [7, 11) is 0. The Labute approximate surface area is 256 Å². The van der Waals surface area contributed by atoms with E-state index >= 15 is 0 Å². The van der Waals surface area contributed by atoms with E-state index in [9.17, 15) is 19.2 Å². The normalized spacial score (nSPS) is 19.9. The molecule has 1 N–H and O–H groups in total. The van der Waals surface area contributed by atoms with Crippen molar-refractivity contribution in [2.75, 3.05) is 26.2 Å². The largest absolute Gasteiger partial charge is 0.375 e. The third kappa shape index (κ3) is 10.9. The number of ether oxygens (including phenoxy) is 1. The van der Waals surface area contributed by atoms with Crippen LogP contribution in [0.1, 0.15) is 128 Å². The van der Waals surface area contributed by atoms with E-state index in [0.29, 0.717) is 64.4 Å². The van der Waals surface area contributed by atoms with E-state index in [1.54, 1.807) is 14.7 Å². The summed E-state index contributed by atoms with van der Waals surface area (Å²) in [6.45, 7) is 24.0. The van der Waals surface area contributed by atoms with Crippen LogP contribution in [0.4, 0.5) is 0 Å². The molecular weight excluding hydrogens is 532 g/mol. The van der Waals surface area contributed by atoms with Crippen molar-refractivity contribution in [2.45, 2.75) is 163 Å². The molecule has 2 fully saturated rings. The Bertz CT molecular complexity index is 888. The molecule has 2 heterocycles. The second-order valence-corrected chi connectivity index (χ2v) is 13.1. The second-order valence-electron chi connectivity index (χ2n) is 13.1. The van der Waals surface area contributed by atoms with Crippen LogP contribution in [0.2, 0.25) is 0 Å². The van der Waals surface area contributed by atoms with Gasteiger partial charge in [0.25, 0.3) is 0 Å². The van der Waals surface area contributed by atoms with E-state index in [1.165, 1.54) is 6.92 Å². The number of carbonyl (C=O) groups is 4. The van der Waals surface area contributed by atoms with Gasteiger partial charge < -0.3 is 24.8 Å². The molecule has 9 nitrogen and oxygen atoms in total. The molecule has 3 atom stereocenters. The number of hydrogen-bond acceptors (Lipinski definition) is 6. The van der Waals surface area contributed by atoms with Crippen LogP contribution in [0, 0.1) is 0 Å². The fourth-order valence-electron chi connectivity index (χ4n) is 6.31. The maximum Gasteiger partial charge on any atom is 0.246 e. The quantitative estimate of drug-likeness (QED) is 0.288. The molecule has 42 heavy (non-hydrogen) atoms. The highest BCUT2D eigenvalue weighted by molar-refractivity contribution is 5.95. The van der Waals surface area contributed by atoms with Gasteiger partial charge in [0, 0.05) is 44.2 Å². The average Bonchev–Trinajstić information content (AvgIpc) is 3.60. The zero-order chi connectivity index (χ0) is 32.3. The predicted molar refractivity (Wildman–Crippen MR) is 169 cm³/mol. The third-order valence-electron chi connectivity index (χ3n) is 8.38. The first-order valence-corrected chi connectivity index (χ1v) is 16.5. The maximum absolute atomic E-state index is 13.7. The molecule has 2 aliphatic heterocycles.